The maximum atomic E-state index is 12.4. The van der Waals surface area contributed by atoms with Crippen molar-refractivity contribution in [2.45, 2.75) is 43.5 Å². The average Bonchev–Trinajstić information content (AvgIpc) is 2.71. The average molecular weight is 312 g/mol. The van der Waals surface area contributed by atoms with Crippen LogP contribution < -0.4 is 14.8 Å². The van der Waals surface area contributed by atoms with Crippen LogP contribution in [0.25, 0.3) is 0 Å². The van der Waals surface area contributed by atoms with Gasteiger partial charge in [0.2, 0.25) is 0 Å². The molecule has 0 heterocycles. The molecule has 0 saturated heterocycles. The molecule has 1 N–H and O–H groups in total. The number of rotatable bonds is 4. The number of halogens is 1. The number of methoxy groups -OCH3 is 2. The van der Waals surface area contributed by atoms with Crippen LogP contribution in [0.1, 0.15) is 42.5 Å². The van der Waals surface area contributed by atoms with Gasteiger partial charge >= 0.3 is 0 Å². The van der Waals surface area contributed by atoms with Crippen LogP contribution in [-0.4, -0.2) is 31.5 Å². The minimum Gasteiger partial charge on any atom is -0.493 e. The van der Waals surface area contributed by atoms with Gasteiger partial charge in [0.15, 0.2) is 11.5 Å². The first kappa shape index (κ1) is 16.0. The third-order valence-electron chi connectivity index (χ3n) is 3.89. The van der Waals surface area contributed by atoms with Gasteiger partial charge in [-0.3, -0.25) is 4.79 Å². The summed E-state index contributed by atoms with van der Waals surface area (Å²) in [4.78, 5) is 12.4. The molecule has 1 saturated carbocycles. The van der Waals surface area contributed by atoms with Crippen LogP contribution in [-0.2, 0) is 0 Å². The summed E-state index contributed by atoms with van der Waals surface area (Å²) in [7, 11) is 3.13. The second-order valence-electron chi connectivity index (χ2n) is 5.30. The van der Waals surface area contributed by atoms with E-state index in [0.717, 1.165) is 25.7 Å². The van der Waals surface area contributed by atoms with Gasteiger partial charge in [-0.2, -0.15) is 0 Å². The minimum absolute atomic E-state index is 0.0107. The van der Waals surface area contributed by atoms with Crippen LogP contribution in [0.5, 0.6) is 11.5 Å². The lowest BCUT2D eigenvalue weighted by Gasteiger charge is -2.21. The van der Waals surface area contributed by atoms with E-state index in [-0.39, 0.29) is 17.3 Å². The van der Waals surface area contributed by atoms with Gasteiger partial charge in [-0.25, -0.2) is 0 Å². The topological polar surface area (TPSA) is 47.6 Å². The predicted molar refractivity (Wildman–Crippen MR) is 83.5 cm³/mol. The number of amides is 1. The van der Waals surface area contributed by atoms with E-state index in [9.17, 15) is 4.79 Å². The van der Waals surface area contributed by atoms with E-state index in [2.05, 4.69) is 5.32 Å². The summed E-state index contributed by atoms with van der Waals surface area (Å²) in [5.74, 6) is 1.04. The Hall–Kier alpha value is -1.42. The Balaban J connectivity index is 2.08. The van der Waals surface area contributed by atoms with Crippen LogP contribution in [0.4, 0.5) is 0 Å². The maximum Gasteiger partial charge on any atom is 0.251 e. The highest BCUT2D eigenvalue weighted by Gasteiger charge is 2.24. The van der Waals surface area contributed by atoms with E-state index in [0.29, 0.717) is 17.1 Å². The summed E-state index contributed by atoms with van der Waals surface area (Å²) in [5, 5.41) is 3.06. The molecule has 0 radical (unpaired) electrons. The Morgan fingerprint density at radius 2 is 1.86 bits per heavy atom. The standard InChI is InChI=1S/C16H22ClNO3/c1-20-14-9-8-11(10-15(14)21-2)16(19)18-13-7-5-3-4-6-12(13)17/h8-10,12-13H,3-7H2,1-2H3,(H,18,19). The molecular formula is C16H22ClNO3. The summed E-state index contributed by atoms with van der Waals surface area (Å²) < 4.78 is 10.4. The molecule has 1 aliphatic rings. The van der Waals surface area contributed by atoms with E-state index in [1.165, 1.54) is 6.42 Å². The van der Waals surface area contributed by atoms with Crippen molar-refractivity contribution < 1.29 is 14.3 Å². The molecule has 0 spiro atoms. The number of benzene rings is 1. The van der Waals surface area contributed by atoms with Crippen molar-refractivity contribution in [3.8, 4) is 11.5 Å². The van der Waals surface area contributed by atoms with Crippen LogP contribution in [0, 0.1) is 0 Å². The molecular weight excluding hydrogens is 290 g/mol. The Labute approximate surface area is 130 Å². The molecule has 2 atom stereocenters. The monoisotopic (exact) mass is 311 g/mol. The number of carbonyl (C=O) groups excluding carboxylic acids is 1. The maximum absolute atomic E-state index is 12.4. The third-order valence-corrected chi connectivity index (χ3v) is 4.42. The Morgan fingerprint density at radius 3 is 2.57 bits per heavy atom. The molecule has 116 valence electrons. The van der Waals surface area contributed by atoms with E-state index < -0.39 is 0 Å². The Morgan fingerprint density at radius 1 is 1.14 bits per heavy atom. The summed E-state index contributed by atoms with van der Waals surface area (Å²) >= 11 is 6.37. The fourth-order valence-electron chi connectivity index (χ4n) is 2.65. The van der Waals surface area contributed by atoms with Crippen molar-refractivity contribution in [1.82, 2.24) is 5.32 Å². The molecule has 0 aromatic heterocycles. The zero-order valence-corrected chi connectivity index (χ0v) is 13.3. The van der Waals surface area contributed by atoms with Gasteiger partial charge < -0.3 is 14.8 Å². The normalized spacial score (nSPS) is 22.2. The zero-order valence-electron chi connectivity index (χ0n) is 12.5. The summed E-state index contributed by atoms with van der Waals surface area (Å²) in [5.41, 5.74) is 0.556. The Kier molecular flexibility index (Phi) is 5.74. The van der Waals surface area contributed by atoms with Gasteiger partial charge in [-0.05, 0) is 31.0 Å². The van der Waals surface area contributed by atoms with Gasteiger partial charge in [-0.1, -0.05) is 19.3 Å². The first-order chi connectivity index (χ1) is 10.2. The molecule has 1 aromatic rings. The van der Waals surface area contributed by atoms with Crippen molar-refractivity contribution in [2.75, 3.05) is 14.2 Å². The molecule has 2 unspecified atom stereocenters. The number of hydrogen-bond acceptors (Lipinski definition) is 3. The van der Waals surface area contributed by atoms with Crippen molar-refractivity contribution in [2.24, 2.45) is 0 Å². The molecule has 4 nitrogen and oxygen atoms in total. The fourth-order valence-corrected chi connectivity index (χ4v) is 3.00. The second-order valence-corrected chi connectivity index (χ2v) is 5.86. The molecule has 21 heavy (non-hydrogen) atoms. The van der Waals surface area contributed by atoms with E-state index in [1.807, 2.05) is 0 Å². The molecule has 1 aliphatic carbocycles. The van der Waals surface area contributed by atoms with E-state index in [4.69, 9.17) is 21.1 Å². The van der Waals surface area contributed by atoms with Crippen molar-refractivity contribution in [3.63, 3.8) is 0 Å². The molecule has 1 fully saturated rings. The third kappa shape index (κ3) is 4.03. The van der Waals surface area contributed by atoms with Crippen LogP contribution >= 0.6 is 11.6 Å². The first-order valence-corrected chi connectivity index (χ1v) is 7.76. The highest BCUT2D eigenvalue weighted by Crippen LogP contribution is 2.28. The largest absolute Gasteiger partial charge is 0.493 e. The first-order valence-electron chi connectivity index (χ1n) is 7.32. The number of nitrogens with one attached hydrogen (secondary N) is 1. The summed E-state index contributed by atoms with van der Waals surface area (Å²) in [6, 6.07) is 5.19. The molecule has 1 aromatic carbocycles. The highest BCUT2D eigenvalue weighted by molar-refractivity contribution is 6.21. The lowest BCUT2D eigenvalue weighted by molar-refractivity contribution is 0.0933. The molecule has 0 aliphatic heterocycles. The van der Waals surface area contributed by atoms with Crippen LogP contribution in [0.3, 0.4) is 0 Å². The van der Waals surface area contributed by atoms with Crippen molar-refractivity contribution in [1.29, 1.82) is 0 Å². The lowest BCUT2D eigenvalue weighted by atomic mass is 10.1. The molecule has 1 amide bonds. The van der Waals surface area contributed by atoms with Gasteiger partial charge in [0.05, 0.1) is 19.6 Å². The van der Waals surface area contributed by atoms with E-state index >= 15 is 0 Å². The van der Waals surface area contributed by atoms with Gasteiger partial charge in [0, 0.05) is 11.6 Å². The summed E-state index contributed by atoms with van der Waals surface area (Å²) in [6.45, 7) is 0. The molecule has 2 rings (SSSR count). The molecule has 0 bridgehead atoms. The SMILES string of the molecule is COc1ccc(C(=O)NC2CCCCCC2Cl)cc1OC. The van der Waals surface area contributed by atoms with Crippen LogP contribution in [0.15, 0.2) is 18.2 Å². The smallest absolute Gasteiger partial charge is 0.251 e. The van der Waals surface area contributed by atoms with E-state index in [1.54, 1.807) is 32.4 Å². The Bertz CT molecular complexity index is 492. The summed E-state index contributed by atoms with van der Waals surface area (Å²) in [6.07, 6.45) is 5.33. The van der Waals surface area contributed by atoms with Crippen LogP contribution in [0.2, 0.25) is 0 Å². The van der Waals surface area contributed by atoms with Gasteiger partial charge in [0.1, 0.15) is 0 Å². The minimum atomic E-state index is -0.117. The van der Waals surface area contributed by atoms with Crippen molar-refractivity contribution in [3.05, 3.63) is 23.8 Å². The fraction of sp³-hybridized carbons (Fsp3) is 0.562. The predicted octanol–water partition coefficient (Wildman–Crippen LogP) is 3.37. The quantitative estimate of drug-likeness (QED) is 0.685. The number of ether oxygens (including phenoxy) is 2. The highest BCUT2D eigenvalue weighted by atomic mass is 35.5. The number of carbonyl (C=O) groups is 1. The lowest BCUT2D eigenvalue weighted by Crippen LogP contribution is -2.40. The van der Waals surface area contributed by atoms with Gasteiger partial charge in [-0.15, -0.1) is 11.6 Å². The van der Waals surface area contributed by atoms with Crippen molar-refractivity contribution >= 4 is 17.5 Å². The number of hydrogen-bond donors (Lipinski definition) is 1. The zero-order chi connectivity index (χ0) is 15.2. The second kappa shape index (κ2) is 7.55. The number of alkyl halides is 1. The molecule has 5 heteroatoms. The van der Waals surface area contributed by atoms with Gasteiger partial charge in [0.25, 0.3) is 5.91 Å².